The molecule has 2 aliphatic rings. The lowest BCUT2D eigenvalue weighted by molar-refractivity contribution is -0.116. The fraction of sp³-hybridized carbons (Fsp3) is 0.375. The minimum absolute atomic E-state index is 0. The Morgan fingerprint density at radius 2 is 1.96 bits per heavy atom. The van der Waals surface area contributed by atoms with Gasteiger partial charge in [-0.1, -0.05) is 12.1 Å². The molecule has 0 aromatic heterocycles. The summed E-state index contributed by atoms with van der Waals surface area (Å²) in [4.78, 5) is 14.4. The van der Waals surface area contributed by atoms with E-state index in [2.05, 4.69) is 16.3 Å². The Hall–Kier alpha value is -1.92. The van der Waals surface area contributed by atoms with Crippen LogP contribution in [0.4, 0.5) is 5.69 Å². The molecule has 1 amide bonds. The van der Waals surface area contributed by atoms with Crippen LogP contribution < -0.4 is 20.7 Å². The molecular weight excluding hydrogens is 351 g/mol. The molecular formula is C16H22Cl2N4O2. The van der Waals surface area contributed by atoms with Crippen molar-refractivity contribution < 1.29 is 9.53 Å². The summed E-state index contributed by atoms with van der Waals surface area (Å²) < 4.78 is 5.92. The summed E-state index contributed by atoms with van der Waals surface area (Å²) in [6, 6.07) is 6.00. The fourth-order valence-corrected chi connectivity index (χ4v) is 2.92. The van der Waals surface area contributed by atoms with Gasteiger partial charge in [-0.15, -0.1) is 24.8 Å². The lowest BCUT2D eigenvalue weighted by Gasteiger charge is -2.22. The Morgan fingerprint density at radius 3 is 2.62 bits per heavy atom. The summed E-state index contributed by atoms with van der Waals surface area (Å²) in [5.74, 6) is 0.160. The van der Waals surface area contributed by atoms with Crippen LogP contribution in [0.25, 0.3) is 6.08 Å². The van der Waals surface area contributed by atoms with E-state index in [1.165, 1.54) is 12.8 Å². The van der Waals surface area contributed by atoms with Crippen LogP contribution in [-0.4, -0.2) is 31.6 Å². The monoisotopic (exact) mass is 372 g/mol. The lowest BCUT2D eigenvalue weighted by atomic mass is 10.1. The molecule has 4 N–H and O–H groups in total. The molecule has 0 unspecified atom stereocenters. The topological polar surface area (TPSA) is 91.4 Å². The van der Waals surface area contributed by atoms with Gasteiger partial charge in [-0.05, 0) is 25.0 Å². The fourth-order valence-electron chi connectivity index (χ4n) is 2.92. The zero-order valence-corrected chi connectivity index (χ0v) is 14.8. The van der Waals surface area contributed by atoms with Crippen molar-refractivity contribution >= 4 is 48.4 Å². The standard InChI is InChI=1S/C16H20N4O2.2ClH/c17-16(18)19-15(21)12-6-9-22-14-11(10-12)4-3-5-13(14)20-7-1-2-8-20;;/h3-5,10H,1-2,6-9H2,(H4,17,18,19,21);2*1H. The number of halogens is 2. The number of hydrogen-bond donors (Lipinski definition) is 3. The van der Waals surface area contributed by atoms with Crippen molar-refractivity contribution in [1.82, 2.24) is 5.32 Å². The van der Waals surface area contributed by atoms with Crippen molar-refractivity contribution in [3.63, 3.8) is 0 Å². The molecule has 0 spiro atoms. The van der Waals surface area contributed by atoms with E-state index >= 15 is 0 Å². The van der Waals surface area contributed by atoms with E-state index in [1.54, 1.807) is 0 Å². The molecule has 2 heterocycles. The molecule has 1 fully saturated rings. The second kappa shape index (κ2) is 8.80. The smallest absolute Gasteiger partial charge is 0.254 e. The first-order valence-corrected chi connectivity index (χ1v) is 7.52. The number of fused-ring (bicyclic) bond motifs is 1. The zero-order valence-electron chi connectivity index (χ0n) is 13.2. The maximum absolute atomic E-state index is 12.0. The molecule has 2 aliphatic heterocycles. The Labute approximate surface area is 153 Å². The Morgan fingerprint density at radius 1 is 1.25 bits per heavy atom. The molecule has 0 saturated carbocycles. The van der Waals surface area contributed by atoms with Gasteiger partial charge < -0.3 is 15.4 Å². The molecule has 0 atom stereocenters. The van der Waals surface area contributed by atoms with Gasteiger partial charge in [0.15, 0.2) is 5.96 Å². The maximum Gasteiger partial charge on any atom is 0.254 e. The molecule has 1 aromatic carbocycles. The minimum atomic E-state index is -0.345. The minimum Gasteiger partial charge on any atom is -0.490 e. The third-order valence-electron chi connectivity index (χ3n) is 3.96. The number of amides is 1. The third-order valence-corrected chi connectivity index (χ3v) is 3.96. The molecule has 0 aliphatic carbocycles. The molecule has 0 radical (unpaired) electrons. The van der Waals surface area contributed by atoms with Crippen LogP contribution in [0.5, 0.6) is 5.75 Å². The molecule has 24 heavy (non-hydrogen) atoms. The largest absolute Gasteiger partial charge is 0.490 e. The van der Waals surface area contributed by atoms with E-state index in [1.807, 2.05) is 18.2 Å². The number of para-hydroxylation sites is 1. The van der Waals surface area contributed by atoms with E-state index in [0.29, 0.717) is 18.6 Å². The average molecular weight is 373 g/mol. The molecule has 6 nitrogen and oxygen atoms in total. The van der Waals surface area contributed by atoms with Crippen LogP contribution in [0, 0.1) is 5.41 Å². The van der Waals surface area contributed by atoms with Crippen LogP contribution in [0.3, 0.4) is 0 Å². The van der Waals surface area contributed by atoms with Gasteiger partial charge in [0.25, 0.3) is 5.91 Å². The SMILES string of the molecule is Cl.Cl.N=C(N)NC(=O)C1=Cc2cccc(N3CCCC3)c2OCC1. The summed E-state index contributed by atoms with van der Waals surface area (Å²) in [6.07, 6.45) is 4.73. The summed E-state index contributed by atoms with van der Waals surface area (Å²) in [7, 11) is 0. The Bertz CT molecular complexity index is 643. The van der Waals surface area contributed by atoms with Crippen molar-refractivity contribution in [2.45, 2.75) is 19.3 Å². The second-order valence-corrected chi connectivity index (χ2v) is 5.53. The van der Waals surface area contributed by atoms with Gasteiger partial charge >= 0.3 is 0 Å². The highest BCUT2D eigenvalue weighted by Crippen LogP contribution is 2.37. The van der Waals surface area contributed by atoms with Crippen LogP contribution in [0.2, 0.25) is 0 Å². The van der Waals surface area contributed by atoms with Crippen LogP contribution in [-0.2, 0) is 4.79 Å². The third kappa shape index (κ3) is 4.33. The average Bonchev–Trinajstić information content (AvgIpc) is 2.91. The summed E-state index contributed by atoms with van der Waals surface area (Å²) in [6.45, 7) is 2.53. The van der Waals surface area contributed by atoms with Crippen molar-refractivity contribution in [3.05, 3.63) is 29.3 Å². The quantitative estimate of drug-likeness (QED) is 0.548. The van der Waals surface area contributed by atoms with Crippen LogP contribution >= 0.6 is 24.8 Å². The first-order chi connectivity index (χ1) is 10.6. The number of nitrogens with zero attached hydrogens (tertiary/aromatic N) is 1. The van der Waals surface area contributed by atoms with Crippen LogP contribution in [0.15, 0.2) is 23.8 Å². The Kier molecular flexibility index (Phi) is 7.38. The highest BCUT2D eigenvalue weighted by Gasteiger charge is 2.21. The number of rotatable bonds is 2. The number of ether oxygens (including phenoxy) is 1. The number of carbonyl (C=O) groups is 1. The van der Waals surface area contributed by atoms with Gasteiger partial charge in [0.05, 0.1) is 12.3 Å². The number of anilines is 1. The summed E-state index contributed by atoms with van der Waals surface area (Å²) in [5, 5.41) is 9.50. The number of carbonyl (C=O) groups excluding carboxylic acids is 1. The van der Waals surface area contributed by atoms with Gasteiger partial charge in [0.2, 0.25) is 0 Å². The predicted octanol–water partition coefficient (Wildman–Crippen LogP) is 2.31. The van der Waals surface area contributed by atoms with E-state index in [-0.39, 0.29) is 36.7 Å². The second-order valence-electron chi connectivity index (χ2n) is 5.53. The highest BCUT2D eigenvalue weighted by atomic mass is 35.5. The lowest BCUT2D eigenvalue weighted by Crippen LogP contribution is -2.36. The first-order valence-electron chi connectivity index (χ1n) is 7.52. The first kappa shape index (κ1) is 20.1. The molecule has 132 valence electrons. The normalized spacial score (nSPS) is 15.7. The summed E-state index contributed by atoms with van der Waals surface area (Å²) >= 11 is 0. The van der Waals surface area contributed by atoms with Crippen LogP contribution in [0.1, 0.15) is 24.8 Å². The zero-order chi connectivity index (χ0) is 15.5. The van der Waals surface area contributed by atoms with E-state index in [9.17, 15) is 4.79 Å². The number of hydrogen-bond acceptors (Lipinski definition) is 4. The van der Waals surface area contributed by atoms with Crippen molar-refractivity contribution in [1.29, 1.82) is 5.41 Å². The number of benzene rings is 1. The van der Waals surface area contributed by atoms with Gasteiger partial charge in [-0.25, -0.2) is 0 Å². The van der Waals surface area contributed by atoms with Gasteiger partial charge in [0, 0.05) is 30.6 Å². The maximum atomic E-state index is 12.0. The molecule has 0 bridgehead atoms. The van der Waals surface area contributed by atoms with Crippen molar-refractivity contribution in [3.8, 4) is 5.75 Å². The number of nitrogens with one attached hydrogen (secondary N) is 2. The molecule has 1 aromatic rings. The predicted molar refractivity (Wildman–Crippen MR) is 101 cm³/mol. The van der Waals surface area contributed by atoms with Gasteiger partial charge in [0.1, 0.15) is 5.75 Å². The highest BCUT2D eigenvalue weighted by molar-refractivity contribution is 6.06. The van der Waals surface area contributed by atoms with Crippen molar-refractivity contribution in [2.75, 3.05) is 24.6 Å². The van der Waals surface area contributed by atoms with Gasteiger partial charge in [-0.3, -0.25) is 15.5 Å². The molecule has 3 rings (SSSR count). The number of guanidine groups is 1. The molecule has 8 heteroatoms. The van der Waals surface area contributed by atoms with Crippen molar-refractivity contribution in [2.24, 2.45) is 5.73 Å². The summed E-state index contributed by atoms with van der Waals surface area (Å²) in [5.41, 5.74) is 7.80. The van der Waals surface area contributed by atoms with E-state index < -0.39 is 0 Å². The Balaban J connectivity index is 0.00000144. The molecule has 1 saturated heterocycles. The van der Waals surface area contributed by atoms with E-state index in [4.69, 9.17) is 15.9 Å². The van der Waals surface area contributed by atoms with E-state index in [0.717, 1.165) is 30.1 Å². The van der Waals surface area contributed by atoms with Gasteiger partial charge in [-0.2, -0.15) is 0 Å². The number of nitrogens with two attached hydrogens (primary N) is 1.